The van der Waals surface area contributed by atoms with Gasteiger partial charge in [-0.25, -0.2) is 4.90 Å². The van der Waals surface area contributed by atoms with E-state index in [0.717, 1.165) is 11.0 Å². The summed E-state index contributed by atoms with van der Waals surface area (Å²) < 4.78 is 47.2. The standard InChI is InChI=1S/C26H31F3N2O4Si/c1-22(2,36(5,6)34)10-7-11-25-13-12-23(3,35-25)24(4)19(25)20(32)31(21(24)33)17-9-8-16(15-30)18(14-17)26(27,28)29/h8-9,12-14,19,34H,7,10-11H2,1-6H3/t19-,23-,24-,25+/m1/s1. The van der Waals surface area contributed by atoms with Crippen LogP contribution in [-0.4, -0.2) is 36.1 Å². The zero-order chi connectivity index (χ0) is 27.1. The molecule has 0 radical (unpaired) electrons. The van der Waals surface area contributed by atoms with Crippen LogP contribution >= 0.6 is 0 Å². The van der Waals surface area contributed by atoms with Crippen molar-refractivity contribution in [2.24, 2.45) is 11.3 Å². The molecular weight excluding hydrogens is 489 g/mol. The highest BCUT2D eigenvalue weighted by Gasteiger charge is 2.78. The SMILES string of the molecule is CC(C)(CCC[C@@]12C=C[C@@](C)(O1)[C@@]1(C)C(=O)N(c3ccc(C#N)c(C(F)(F)F)c3)C(=O)[C@@H]21)[Si](C)(C)O. The van der Waals surface area contributed by atoms with Gasteiger partial charge in [-0.15, -0.1) is 0 Å². The second kappa shape index (κ2) is 7.76. The third-order valence-corrected chi connectivity index (χ3v) is 12.6. The summed E-state index contributed by atoms with van der Waals surface area (Å²) in [7, 11) is -2.45. The number of carbonyl (C=O) groups is 2. The van der Waals surface area contributed by atoms with E-state index in [0.29, 0.717) is 25.3 Å². The first-order valence-electron chi connectivity index (χ1n) is 12.0. The number of nitrogens with zero attached hydrogens (tertiary/aromatic N) is 2. The van der Waals surface area contributed by atoms with Crippen molar-refractivity contribution in [1.29, 1.82) is 5.26 Å². The van der Waals surface area contributed by atoms with Gasteiger partial charge in [-0.3, -0.25) is 9.59 Å². The van der Waals surface area contributed by atoms with Crippen molar-refractivity contribution in [3.05, 3.63) is 41.5 Å². The molecule has 10 heteroatoms. The van der Waals surface area contributed by atoms with Crippen LogP contribution in [0.4, 0.5) is 18.9 Å². The Morgan fingerprint density at radius 1 is 1.19 bits per heavy atom. The van der Waals surface area contributed by atoms with Gasteiger partial charge in [0.15, 0.2) is 8.32 Å². The van der Waals surface area contributed by atoms with E-state index < -0.39 is 60.0 Å². The number of carbonyl (C=O) groups excluding carboxylic acids is 2. The lowest BCUT2D eigenvalue weighted by Crippen LogP contribution is -2.48. The van der Waals surface area contributed by atoms with E-state index in [9.17, 15) is 27.6 Å². The summed E-state index contributed by atoms with van der Waals surface area (Å²) in [5.41, 5.74) is -5.45. The van der Waals surface area contributed by atoms with E-state index in [4.69, 9.17) is 10.00 Å². The molecule has 36 heavy (non-hydrogen) atoms. The lowest BCUT2D eigenvalue weighted by molar-refractivity contribution is -0.138. The van der Waals surface area contributed by atoms with Crippen molar-refractivity contribution in [3.63, 3.8) is 0 Å². The molecule has 4 rings (SSSR count). The van der Waals surface area contributed by atoms with Gasteiger partial charge in [0.1, 0.15) is 5.60 Å². The van der Waals surface area contributed by atoms with Gasteiger partial charge >= 0.3 is 6.18 Å². The fraction of sp³-hybridized carbons (Fsp3) is 0.577. The highest BCUT2D eigenvalue weighted by atomic mass is 28.4. The molecule has 3 aliphatic rings. The maximum absolute atomic E-state index is 13.8. The highest BCUT2D eigenvalue weighted by Crippen LogP contribution is 2.66. The van der Waals surface area contributed by atoms with Gasteiger partial charge in [0.2, 0.25) is 11.8 Å². The average Bonchev–Trinajstić information content (AvgIpc) is 3.27. The van der Waals surface area contributed by atoms with Crippen molar-refractivity contribution in [3.8, 4) is 6.07 Å². The van der Waals surface area contributed by atoms with Gasteiger partial charge in [0.05, 0.1) is 39.8 Å². The molecule has 3 heterocycles. The monoisotopic (exact) mass is 520 g/mol. The Morgan fingerprint density at radius 3 is 2.39 bits per heavy atom. The Hall–Kier alpha value is -2.48. The molecule has 2 amide bonds. The highest BCUT2D eigenvalue weighted by molar-refractivity contribution is 6.72. The Balaban J connectivity index is 1.71. The summed E-state index contributed by atoms with van der Waals surface area (Å²) in [6, 6.07) is 4.40. The minimum Gasteiger partial charge on any atom is -0.432 e. The number of hydrogen-bond donors (Lipinski definition) is 1. The number of benzene rings is 1. The number of amides is 2. The lowest BCUT2D eigenvalue weighted by atomic mass is 9.61. The van der Waals surface area contributed by atoms with E-state index in [1.807, 2.05) is 33.0 Å². The van der Waals surface area contributed by atoms with E-state index in [-0.39, 0.29) is 10.7 Å². The molecule has 2 fully saturated rings. The Morgan fingerprint density at radius 2 is 1.83 bits per heavy atom. The summed E-state index contributed by atoms with van der Waals surface area (Å²) in [6.45, 7) is 11.2. The molecule has 0 unspecified atom stereocenters. The molecule has 2 saturated heterocycles. The normalized spacial score (nSPS) is 31.8. The Bertz CT molecular complexity index is 1220. The van der Waals surface area contributed by atoms with Crippen LogP contribution in [-0.2, 0) is 20.5 Å². The quantitative estimate of drug-likeness (QED) is 0.312. The molecule has 0 saturated carbocycles. The van der Waals surface area contributed by atoms with E-state index in [1.54, 1.807) is 19.9 Å². The van der Waals surface area contributed by atoms with E-state index in [2.05, 4.69) is 0 Å². The number of fused-ring (bicyclic) bond motifs is 5. The zero-order valence-electron chi connectivity index (χ0n) is 21.3. The second-order valence-electron chi connectivity index (χ2n) is 11.7. The zero-order valence-corrected chi connectivity index (χ0v) is 22.3. The molecule has 1 aromatic carbocycles. The molecule has 3 aliphatic heterocycles. The van der Waals surface area contributed by atoms with Gasteiger partial charge in [-0.2, -0.15) is 18.4 Å². The number of imide groups is 1. The molecule has 0 aliphatic carbocycles. The predicted molar refractivity (Wildman–Crippen MR) is 129 cm³/mol. The molecule has 4 atom stereocenters. The van der Waals surface area contributed by atoms with Crippen LogP contribution in [0.2, 0.25) is 18.1 Å². The van der Waals surface area contributed by atoms with Crippen LogP contribution in [0.25, 0.3) is 0 Å². The summed E-state index contributed by atoms with van der Waals surface area (Å²) >= 11 is 0. The predicted octanol–water partition coefficient (Wildman–Crippen LogP) is 5.32. The average molecular weight is 521 g/mol. The van der Waals surface area contributed by atoms with Crippen molar-refractivity contribution >= 4 is 25.8 Å². The van der Waals surface area contributed by atoms with Crippen LogP contribution in [0.1, 0.15) is 58.1 Å². The molecule has 0 spiro atoms. The van der Waals surface area contributed by atoms with E-state index >= 15 is 0 Å². The van der Waals surface area contributed by atoms with E-state index in [1.165, 1.54) is 12.1 Å². The number of rotatable bonds is 6. The topological polar surface area (TPSA) is 90.6 Å². The van der Waals surface area contributed by atoms with Gasteiger partial charge in [-0.05, 0) is 69.4 Å². The summed E-state index contributed by atoms with van der Waals surface area (Å²) in [6.07, 6.45) is 0.545. The van der Waals surface area contributed by atoms with Crippen molar-refractivity contribution in [1.82, 2.24) is 0 Å². The first kappa shape index (κ1) is 26.6. The Labute approximate surface area is 209 Å². The number of nitriles is 1. The number of halogens is 3. The number of anilines is 1. The molecule has 1 aromatic rings. The molecule has 0 aromatic heterocycles. The number of ether oxygens (including phenoxy) is 1. The number of alkyl halides is 3. The van der Waals surface area contributed by atoms with Crippen molar-refractivity contribution in [2.45, 2.75) is 82.5 Å². The third-order valence-electron chi connectivity index (χ3n) is 9.01. The van der Waals surface area contributed by atoms with Gasteiger partial charge < -0.3 is 9.53 Å². The molecule has 2 bridgehead atoms. The second-order valence-corrected chi connectivity index (χ2v) is 16.2. The van der Waals surface area contributed by atoms with Crippen LogP contribution in [0.5, 0.6) is 0 Å². The minimum absolute atomic E-state index is 0.209. The molecule has 194 valence electrons. The van der Waals surface area contributed by atoms with Crippen LogP contribution in [0, 0.1) is 22.7 Å². The van der Waals surface area contributed by atoms with Gasteiger partial charge in [-0.1, -0.05) is 26.0 Å². The van der Waals surface area contributed by atoms with Crippen LogP contribution in [0.15, 0.2) is 30.4 Å². The summed E-state index contributed by atoms with van der Waals surface area (Å²) in [5, 5.41) is 8.83. The molecule has 1 N–H and O–H groups in total. The minimum atomic E-state index is -4.82. The first-order valence-corrected chi connectivity index (χ1v) is 14.9. The Kier molecular flexibility index (Phi) is 5.73. The maximum atomic E-state index is 13.8. The summed E-state index contributed by atoms with van der Waals surface area (Å²) in [4.78, 5) is 39.0. The first-order chi connectivity index (χ1) is 16.3. The molecule has 6 nitrogen and oxygen atoms in total. The smallest absolute Gasteiger partial charge is 0.417 e. The van der Waals surface area contributed by atoms with Crippen LogP contribution in [0.3, 0.4) is 0 Å². The third kappa shape index (κ3) is 3.50. The van der Waals surface area contributed by atoms with Crippen molar-refractivity contribution < 1.29 is 32.3 Å². The van der Waals surface area contributed by atoms with Gasteiger partial charge in [0, 0.05) is 0 Å². The molecular formula is C26H31F3N2O4Si. The lowest BCUT2D eigenvalue weighted by Gasteiger charge is -2.37. The largest absolute Gasteiger partial charge is 0.432 e. The van der Waals surface area contributed by atoms with Crippen LogP contribution < -0.4 is 4.90 Å². The fourth-order valence-corrected chi connectivity index (χ4v) is 6.65. The van der Waals surface area contributed by atoms with Gasteiger partial charge in [0.25, 0.3) is 0 Å². The maximum Gasteiger partial charge on any atom is 0.417 e. The number of hydrogen-bond acceptors (Lipinski definition) is 5. The fourth-order valence-electron chi connectivity index (χ4n) is 5.86. The summed E-state index contributed by atoms with van der Waals surface area (Å²) in [5.74, 6) is -2.13. The van der Waals surface area contributed by atoms with Crippen molar-refractivity contribution in [2.75, 3.05) is 4.90 Å².